The Bertz CT molecular complexity index is 1340. The molecule has 0 unspecified atom stereocenters. The number of amides is 2. The average Bonchev–Trinajstić information content (AvgIpc) is 3.38. The number of nitrogens with zero attached hydrogens (tertiary/aromatic N) is 1. The molecule has 6 nitrogen and oxygen atoms in total. The van der Waals surface area contributed by atoms with Gasteiger partial charge < -0.3 is 14.2 Å². The summed E-state index contributed by atoms with van der Waals surface area (Å²) in [5, 5.41) is 0.0645. The van der Waals surface area contributed by atoms with Gasteiger partial charge in [-0.25, -0.2) is 0 Å². The van der Waals surface area contributed by atoms with Gasteiger partial charge in [-0.05, 0) is 97.9 Å². The molecule has 0 bridgehead atoms. The predicted molar refractivity (Wildman–Crippen MR) is 152 cm³/mol. The van der Waals surface area contributed by atoms with Crippen molar-refractivity contribution in [2.45, 2.75) is 13.2 Å². The zero-order valence-corrected chi connectivity index (χ0v) is 23.8. The molecular formula is C25H16ClI2NO5S. The van der Waals surface area contributed by atoms with Crippen LogP contribution in [0.3, 0.4) is 0 Å². The van der Waals surface area contributed by atoms with Crippen LogP contribution in [-0.2, 0) is 17.9 Å². The highest BCUT2D eigenvalue weighted by Gasteiger charge is 2.36. The van der Waals surface area contributed by atoms with Crippen molar-refractivity contribution in [1.29, 1.82) is 0 Å². The van der Waals surface area contributed by atoms with Gasteiger partial charge in [-0.1, -0.05) is 41.9 Å². The van der Waals surface area contributed by atoms with Gasteiger partial charge in [0.05, 0.1) is 18.6 Å². The van der Waals surface area contributed by atoms with E-state index >= 15 is 0 Å². The summed E-state index contributed by atoms with van der Waals surface area (Å²) in [6.45, 7) is 0.638. The summed E-state index contributed by atoms with van der Waals surface area (Å²) in [6, 6.07) is 17.2. The van der Waals surface area contributed by atoms with Crippen molar-refractivity contribution in [3.8, 4) is 17.2 Å². The summed E-state index contributed by atoms with van der Waals surface area (Å²) in [4.78, 5) is 27.2. The topological polar surface area (TPSA) is 65.1 Å². The minimum absolute atomic E-state index is 0.0544. The van der Waals surface area contributed by atoms with Crippen LogP contribution in [-0.4, -0.2) is 22.8 Å². The Morgan fingerprint density at radius 1 is 1.03 bits per heavy atom. The highest BCUT2D eigenvalue weighted by molar-refractivity contribution is 14.1. The zero-order chi connectivity index (χ0) is 24.5. The molecule has 3 aromatic rings. The number of hydrogen-bond donors (Lipinski definition) is 0. The van der Waals surface area contributed by atoms with Gasteiger partial charge in [0.15, 0.2) is 11.5 Å². The van der Waals surface area contributed by atoms with E-state index in [-0.39, 0.29) is 24.5 Å². The minimum atomic E-state index is -0.358. The molecule has 35 heavy (non-hydrogen) atoms. The highest BCUT2D eigenvalue weighted by atomic mass is 127. The van der Waals surface area contributed by atoms with Gasteiger partial charge in [-0.3, -0.25) is 14.5 Å². The standard InChI is InChI=1S/C25H16ClI2NO5S/c26-17-10-21-20(33-13-34-21)9-16(17)11-29-24(30)22(35-25(29)31)8-15-6-18(27)23(19(28)7-15)32-12-14-4-2-1-3-5-14/h1-10H,11-13H2/b22-8+. The molecule has 0 aromatic heterocycles. The number of hydrogen-bond acceptors (Lipinski definition) is 6. The van der Waals surface area contributed by atoms with Crippen LogP contribution in [0.5, 0.6) is 17.2 Å². The first kappa shape index (κ1) is 24.7. The molecule has 5 rings (SSSR count). The van der Waals surface area contributed by atoms with Gasteiger partial charge in [0, 0.05) is 11.1 Å². The summed E-state index contributed by atoms with van der Waals surface area (Å²) in [6.07, 6.45) is 1.73. The van der Waals surface area contributed by atoms with Crippen LogP contribution in [0.25, 0.3) is 6.08 Å². The lowest BCUT2D eigenvalue weighted by Crippen LogP contribution is -2.27. The first-order valence-corrected chi connectivity index (χ1v) is 13.7. The van der Waals surface area contributed by atoms with Crippen LogP contribution in [0.2, 0.25) is 5.02 Å². The number of fused-ring (bicyclic) bond motifs is 1. The number of thioether (sulfide) groups is 1. The van der Waals surface area contributed by atoms with E-state index in [4.69, 9.17) is 25.8 Å². The molecule has 2 amide bonds. The Kier molecular flexibility index (Phi) is 7.47. The number of carbonyl (C=O) groups is 2. The van der Waals surface area contributed by atoms with Gasteiger partial charge in [-0.15, -0.1) is 0 Å². The van der Waals surface area contributed by atoms with Gasteiger partial charge in [0.2, 0.25) is 6.79 Å². The lowest BCUT2D eigenvalue weighted by molar-refractivity contribution is -0.123. The molecule has 0 spiro atoms. The van der Waals surface area contributed by atoms with Crippen LogP contribution in [0.4, 0.5) is 4.79 Å². The molecule has 10 heteroatoms. The first-order valence-electron chi connectivity index (χ1n) is 10.4. The fourth-order valence-electron chi connectivity index (χ4n) is 3.57. The van der Waals surface area contributed by atoms with Crippen molar-refractivity contribution in [1.82, 2.24) is 4.90 Å². The maximum Gasteiger partial charge on any atom is 0.293 e. The Morgan fingerprint density at radius 3 is 2.43 bits per heavy atom. The third-order valence-electron chi connectivity index (χ3n) is 5.29. The van der Waals surface area contributed by atoms with E-state index in [0.29, 0.717) is 33.6 Å². The van der Waals surface area contributed by atoms with E-state index in [1.807, 2.05) is 42.5 Å². The molecule has 0 saturated carbocycles. The highest BCUT2D eigenvalue weighted by Crippen LogP contribution is 2.40. The Hall–Kier alpha value is -1.96. The van der Waals surface area contributed by atoms with Crippen molar-refractivity contribution in [3.63, 3.8) is 0 Å². The van der Waals surface area contributed by atoms with Crippen LogP contribution in [0.15, 0.2) is 59.5 Å². The number of halogens is 3. The second kappa shape index (κ2) is 10.6. The number of ether oxygens (including phenoxy) is 3. The van der Waals surface area contributed by atoms with Crippen LogP contribution < -0.4 is 14.2 Å². The summed E-state index contributed by atoms with van der Waals surface area (Å²) in [5.74, 6) is 1.53. The number of imide groups is 1. The summed E-state index contributed by atoms with van der Waals surface area (Å²) in [7, 11) is 0. The molecule has 1 saturated heterocycles. The third-order valence-corrected chi connectivity index (χ3v) is 8.15. The molecule has 3 aromatic carbocycles. The molecule has 2 aliphatic heterocycles. The molecule has 1 fully saturated rings. The monoisotopic (exact) mass is 731 g/mol. The molecule has 0 aliphatic carbocycles. The summed E-state index contributed by atoms with van der Waals surface area (Å²) in [5.41, 5.74) is 2.51. The van der Waals surface area contributed by atoms with E-state index in [1.54, 1.807) is 18.2 Å². The quantitative estimate of drug-likeness (QED) is 0.199. The Morgan fingerprint density at radius 2 is 1.71 bits per heavy atom. The molecule has 0 N–H and O–H groups in total. The SMILES string of the molecule is O=C1S/C(=C/c2cc(I)c(OCc3ccccc3)c(I)c2)C(=O)N1Cc1cc2c(cc1Cl)OCO2. The van der Waals surface area contributed by atoms with Crippen molar-refractivity contribution >= 4 is 85.8 Å². The smallest absolute Gasteiger partial charge is 0.293 e. The predicted octanol–water partition coefficient (Wildman–Crippen LogP) is 7.09. The van der Waals surface area contributed by atoms with Gasteiger partial charge >= 0.3 is 0 Å². The first-order chi connectivity index (χ1) is 16.9. The van der Waals surface area contributed by atoms with Gasteiger partial charge in [-0.2, -0.15) is 0 Å². The van der Waals surface area contributed by atoms with Gasteiger partial charge in [0.1, 0.15) is 12.4 Å². The summed E-state index contributed by atoms with van der Waals surface area (Å²) >= 11 is 11.7. The molecular weight excluding hydrogens is 716 g/mol. The van der Waals surface area contributed by atoms with Crippen LogP contribution in [0, 0.1) is 7.14 Å². The molecule has 178 valence electrons. The number of rotatable bonds is 6. The second-order valence-electron chi connectivity index (χ2n) is 7.65. The molecule has 2 aliphatic rings. The molecule has 2 heterocycles. The molecule has 0 radical (unpaired) electrons. The zero-order valence-electron chi connectivity index (χ0n) is 17.9. The second-order valence-corrected chi connectivity index (χ2v) is 11.4. The number of benzene rings is 3. The Balaban J connectivity index is 1.33. The lowest BCUT2D eigenvalue weighted by atomic mass is 10.1. The van der Waals surface area contributed by atoms with Crippen LogP contribution >= 0.6 is 68.5 Å². The Labute approximate surface area is 238 Å². The maximum absolute atomic E-state index is 13.1. The van der Waals surface area contributed by atoms with E-state index in [0.717, 1.165) is 35.8 Å². The van der Waals surface area contributed by atoms with E-state index in [2.05, 4.69) is 45.2 Å². The normalized spacial score (nSPS) is 15.9. The molecule has 0 atom stereocenters. The minimum Gasteiger partial charge on any atom is -0.487 e. The lowest BCUT2D eigenvalue weighted by Gasteiger charge is -2.14. The van der Waals surface area contributed by atoms with E-state index in [9.17, 15) is 9.59 Å². The average molecular weight is 732 g/mol. The van der Waals surface area contributed by atoms with Crippen molar-refractivity contribution < 1.29 is 23.8 Å². The number of carbonyl (C=O) groups excluding carboxylic acids is 2. The van der Waals surface area contributed by atoms with Crippen LogP contribution in [0.1, 0.15) is 16.7 Å². The van der Waals surface area contributed by atoms with Crippen molar-refractivity contribution in [2.75, 3.05) is 6.79 Å². The van der Waals surface area contributed by atoms with E-state index in [1.165, 1.54) is 4.90 Å². The van der Waals surface area contributed by atoms with E-state index < -0.39 is 0 Å². The fraction of sp³-hybridized carbons (Fsp3) is 0.120. The van der Waals surface area contributed by atoms with Crippen molar-refractivity contribution in [2.24, 2.45) is 0 Å². The largest absolute Gasteiger partial charge is 0.487 e. The third kappa shape index (κ3) is 5.42. The van der Waals surface area contributed by atoms with Gasteiger partial charge in [0.25, 0.3) is 11.1 Å². The fourth-order valence-corrected chi connectivity index (χ4v) is 6.75. The van der Waals surface area contributed by atoms with Crippen molar-refractivity contribution in [3.05, 3.63) is 88.4 Å². The summed E-state index contributed by atoms with van der Waals surface area (Å²) < 4.78 is 18.6. The maximum atomic E-state index is 13.1.